The van der Waals surface area contributed by atoms with E-state index in [0.717, 1.165) is 34.4 Å². The summed E-state index contributed by atoms with van der Waals surface area (Å²) in [7, 11) is 0. The molecule has 0 unspecified atom stereocenters. The van der Waals surface area contributed by atoms with E-state index >= 15 is 0 Å². The molecule has 0 radical (unpaired) electrons. The van der Waals surface area contributed by atoms with Crippen molar-refractivity contribution in [1.29, 1.82) is 0 Å². The van der Waals surface area contributed by atoms with Crippen LogP contribution in [-0.4, -0.2) is 28.0 Å². The molecule has 0 spiro atoms. The molecule has 0 saturated heterocycles. The van der Waals surface area contributed by atoms with E-state index in [-0.39, 0.29) is 27.6 Å². The van der Waals surface area contributed by atoms with Crippen LogP contribution in [0.15, 0.2) is 29.3 Å². The highest BCUT2D eigenvalue weighted by Crippen LogP contribution is 2.34. The number of amides is 1. The van der Waals surface area contributed by atoms with Gasteiger partial charge in [0.05, 0.1) is 34.6 Å². The van der Waals surface area contributed by atoms with Gasteiger partial charge in [-0.2, -0.15) is 13.2 Å². The van der Waals surface area contributed by atoms with Gasteiger partial charge in [-0.05, 0) is 37.6 Å². The number of alkyl halides is 3. The molecule has 164 valence electrons. The first-order valence-electron chi connectivity index (χ1n) is 8.85. The Hall–Kier alpha value is -2.92. The van der Waals surface area contributed by atoms with Crippen LogP contribution < -0.4 is 10.9 Å². The first-order chi connectivity index (χ1) is 14.5. The summed E-state index contributed by atoms with van der Waals surface area (Å²) < 4.78 is 44.6. The number of rotatable bonds is 5. The Labute approximate surface area is 182 Å². The lowest BCUT2D eigenvalue weighted by Crippen LogP contribution is -2.28. The minimum Gasteiger partial charge on any atom is -0.462 e. The van der Waals surface area contributed by atoms with Crippen LogP contribution in [0.25, 0.3) is 10.2 Å². The molecule has 7 nitrogen and oxygen atoms in total. The van der Waals surface area contributed by atoms with E-state index in [2.05, 4.69) is 10.3 Å². The molecule has 0 atom stereocenters. The molecule has 0 fully saturated rings. The Bertz CT molecular complexity index is 1240. The number of ether oxygens (including phenoxy) is 1. The van der Waals surface area contributed by atoms with Crippen molar-refractivity contribution in [3.8, 4) is 0 Å². The third kappa shape index (κ3) is 4.72. The van der Waals surface area contributed by atoms with Gasteiger partial charge in [-0.25, -0.2) is 9.78 Å². The first-order valence-corrected chi connectivity index (χ1v) is 10.0. The SMILES string of the molecule is CCOC(=O)c1sc2ncn(CC(=O)Nc3cc(C(F)(F)F)ccc3Cl)c(=O)c2c1C. The zero-order chi connectivity index (χ0) is 22.9. The topological polar surface area (TPSA) is 90.3 Å². The Kier molecular flexibility index (Phi) is 6.37. The van der Waals surface area contributed by atoms with Crippen molar-refractivity contribution in [3.63, 3.8) is 0 Å². The summed E-state index contributed by atoms with van der Waals surface area (Å²) in [6, 6.07) is 2.52. The highest BCUT2D eigenvalue weighted by molar-refractivity contribution is 7.20. The zero-order valence-corrected chi connectivity index (χ0v) is 17.7. The fraction of sp³-hybridized carbons (Fsp3) is 0.263. The fourth-order valence-electron chi connectivity index (χ4n) is 2.81. The molecular formula is C19H15ClF3N3O4S. The summed E-state index contributed by atoms with van der Waals surface area (Å²) in [5.41, 5.74) is -1.40. The van der Waals surface area contributed by atoms with Crippen LogP contribution in [0.5, 0.6) is 0 Å². The molecule has 0 bridgehead atoms. The first kappa shape index (κ1) is 22.8. The smallest absolute Gasteiger partial charge is 0.416 e. The van der Waals surface area contributed by atoms with Crippen LogP contribution in [0, 0.1) is 6.92 Å². The Balaban J connectivity index is 1.88. The maximum Gasteiger partial charge on any atom is 0.416 e. The number of halogens is 4. The Morgan fingerprint density at radius 2 is 2.03 bits per heavy atom. The largest absolute Gasteiger partial charge is 0.462 e. The number of hydrogen-bond donors (Lipinski definition) is 1. The zero-order valence-electron chi connectivity index (χ0n) is 16.2. The van der Waals surface area contributed by atoms with Crippen LogP contribution in [0.4, 0.5) is 18.9 Å². The van der Waals surface area contributed by atoms with Crippen LogP contribution in [-0.2, 0) is 22.3 Å². The molecule has 3 aromatic rings. The number of hydrogen-bond acceptors (Lipinski definition) is 6. The van der Waals surface area contributed by atoms with Gasteiger partial charge in [0.15, 0.2) is 0 Å². The number of nitrogens with one attached hydrogen (secondary N) is 1. The minimum absolute atomic E-state index is 0.0879. The third-order valence-electron chi connectivity index (χ3n) is 4.26. The molecule has 3 rings (SSSR count). The van der Waals surface area contributed by atoms with Gasteiger partial charge in [-0.3, -0.25) is 14.2 Å². The van der Waals surface area contributed by atoms with Gasteiger partial charge in [0.2, 0.25) is 5.91 Å². The van der Waals surface area contributed by atoms with Gasteiger partial charge in [-0.1, -0.05) is 11.6 Å². The van der Waals surface area contributed by atoms with Crippen LogP contribution in [0.3, 0.4) is 0 Å². The number of aromatic nitrogens is 2. The van der Waals surface area contributed by atoms with Crippen molar-refractivity contribution in [2.75, 3.05) is 11.9 Å². The molecule has 31 heavy (non-hydrogen) atoms. The van der Waals surface area contributed by atoms with E-state index < -0.39 is 35.7 Å². The molecule has 1 N–H and O–H groups in total. The third-order valence-corrected chi connectivity index (χ3v) is 5.77. The predicted octanol–water partition coefficient (Wildman–Crippen LogP) is 4.25. The lowest BCUT2D eigenvalue weighted by atomic mass is 10.2. The van der Waals surface area contributed by atoms with Gasteiger partial charge in [0.25, 0.3) is 5.56 Å². The molecule has 0 aliphatic carbocycles. The Morgan fingerprint density at radius 3 is 2.68 bits per heavy atom. The summed E-state index contributed by atoms with van der Waals surface area (Å²) in [4.78, 5) is 41.9. The number of benzene rings is 1. The van der Waals surface area contributed by atoms with Gasteiger partial charge < -0.3 is 10.1 Å². The number of carbonyl (C=O) groups is 2. The molecule has 1 amide bonds. The van der Waals surface area contributed by atoms with E-state index in [1.165, 1.54) is 0 Å². The van der Waals surface area contributed by atoms with Crippen molar-refractivity contribution >= 4 is 50.7 Å². The second-order valence-corrected chi connectivity index (χ2v) is 7.78. The predicted molar refractivity (Wildman–Crippen MR) is 110 cm³/mol. The van der Waals surface area contributed by atoms with Gasteiger partial charge in [-0.15, -0.1) is 11.3 Å². The Morgan fingerprint density at radius 1 is 1.32 bits per heavy atom. The van der Waals surface area contributed by atoms with Crippen molar-refractivity contribution in [1.82, 2.24) is 9.55 Å². The minimum atomic E-state index is -4.61. The van der Waals surface area contributed by atoms with E-state index in [1.807, 2.05) is 0 Å². The monoisotopic (exact) mass is 473 g/mol. The average Bonchev–Trinajstić information content (AvgIpc) is 3.02. The van der Waals surface area contributed by atoms with Crippen molar-refractivity contribution in [2.24, 2.45) is 0 Å². The van der Waals surface area contributed by atoms with Crippen molar-refractivity contribution in [3.05, 3.63) is 55.9 Å². The van der Waals surface area contributed by atoms with Gasteiger partial charge in [0, 0.05) is 0 Å². The molecule has 2 heterocycles. The van der Waals surface area contributed by atoms with E-state index in [4.69, 9.17) is 16.3 Å². The molecule has 0 aliphatic heterocycles. The maximum atomic E-state index is 12.9. The van der Waals surface area contributed by atoms with Crippen LogP contribution in [0.1, 0.15) is 27.7 Å². The average molecular weight is 474 g/mol. The number of fused-ring (bicyclic) bond motifs is 1. The second-order valence-electron chi connectivity index (χ2n) is 6.37. The number of carbonyl (C=O) groups excluding carboxylic acids is 2. The highest BCUT2D eigenvalue weighted by atomic mass is 35.5. The molecule has 1 aromatic carbocycles. The second kappa shape index (κ2) is 8.67. The summed E-state index contributed by atoms with van der Waals surface area (Å²) in [5, 5.41) is 2.35. The lowest BCUT2D eigenvalue weighted by molar-refractivity contribution is -0.137. The van der Waals surface area contributed by atoms with Crippen LogP contribution >= 0.6 is 22.9 Å². The van der Waals surface area contributed by atoms with E-state index in [9.17, 15) is 27.6 Å². The molecule has 0 saturated carbocycles. The number of anilines is 1. The number of esters is 1. The molecule has 12 heteroatoms. The van der Waals surface area contributed by atoms with Crippen molar-refractivity contribution < 1.29 is 27.5 Å². The lowest BCUT2D eigenvalue weighted by Gasteiger charge is -2.12. The highest BCUT2D eigenvalue weighted by Gasteiger charge is 2.31. The quantitative estimate of drug-likeness (QED) is 0.559. The number of thiophene rings is 1. The molecule has 2 aromatic heterocycles. The van der Waals surface area contributed by atoms with Gasteiger partial charge >= 0.3 is 12.1 Å². The van der Waals surface area contributed by atoms with Gasteiger partial charge in [0.1, 0.15) is 16.3 Å². The molecule has 0 aliphatic rings. The fourth-order valence-corrected chi connectivity index (χ4v) is 4.00. The van der Waals surface area contributed by atoms with Crippen LogP contribution in [0.2, 0.25) is 5.02 Å². The number of nitrogens with zero attached hydrogens (tertiary/aromatic N) is 2. The summed E-state index contributed by atoms with van der Waals surface area (Å²) in [5.74, 6) is -1.35. The normalized spacial score (nSPS) is 11.5. The number of aryl methyl sites for hydroxylation is 1. The maximum absolute atomic E-state index is 12.9. The summed E-state index contributed by atoms with van der Waals surface area (Å²) in [6.45, 7) is 2.88. The standard InChI is InChI=1S/C19H15ClF3N3O4S/c1-3-30-18(29)15-9(2)14-16(31-15)24-8-26(17(14)28)7-13(27)25-12-6-10(19(21,22)23)4-5-11(12)20/h4-6,8H,3,7H2,1-2H3,(H,25,27). The van der Waals surface area contributed by atoms with Crippen molar-refractivity contribution in [2.45, 2.75) is 26.6 Å². The van der Waals surface area contributed by atoms with E-state index in [1.54, 1.807) is 13.8 Å². The summed E-state index contributed by atoms with van der Waals surface area (Å²) >= 11 is 6.87. The summed E-state index contributed by atoms with van der Waals surface area (Å²) in [6.07, 6.45) is -3.48. The molecular weight excluding hydrogens is 459 g/mol. The van der Waals surface area contributed by atoms with E-state index in [0.29, 0.717) is 16.5 Å².